The predicted molar refractivity (Wildman–Crippen MR) is 70.5 cm³/mol. The first-order chi connectivity index (χ1) is 7.79. The van der Waals surface area contributed by atoms with E-state index in [0.717, 1.165) is 23.8 Å². The van der Waals surface area contributed by atoms with E-state index in [1.807, 2.05) is 0 Å². The molecule has 0 aliphatic heterocycles. The van der Waals surface area contributed by atoms with Crippen LogP contribution in [0.1, 0.15) is 65.2 Å². The molecule has 0 aromatic rings. The van der Waals surface area contributed by atoms with Crippen molar-refractivity contribution in [2.75, 3.05) is 6.54 Å². The van der Waals surface area contributed by atoms with Gasteiger partial charge >= 0.3 is 0 Å². The molecule has 0 saturated heterocycles. The third-order valence-electron chi connectivity index (χ3n) is 5.13. The van der Waals surface area contributed by atoms with Gasteiger partial charge in [0.1, 0.15) is 0 Å². The first kappa shape index (κ1) is 12.4. The average molecular weight is 223 g/mol. The molecule has 2 atom stereocenters. The maximum atomic E-state index is 3.84. The molecule has 2 unspecified atom stereocenters. The van der Waals surface area contributed by atoms with Crippen LogP contribution in [-0.4, -0.2) is 12.6 Å². The van der Waals surface area contributed by atoms with Crippen molar-refractivity contribution in [1.82, 2.24) is 5.32 Å². The zero-order valence-electron chi connectivity index (χ0n) is 11.2. The molecule has 2 aliphatic rings. The zero-order valence-corrected chi connectivity index (χ0v) is 11.2. The van der Waals surface area contributed by atoms with Crippen LogP contribution in [0.3, 0.4) is 0 Å². The van der Waals surface area contributed by atoms with E-state index in [4.69, 9.17) is 0 Å². The van der Waals surface area contributed by atoms with E-state index < -0.39 is 0 Å². The quantitative estimate of drug-likeness (QED) is 0.760. The molecule has 0 amide bonds. The van der Waals surface area contributed by atoms with Crippen LogP contribution in [0, 0.1) is 17.8 Å². The molecule has 1 nitrogen and oxygen atoms in total. The van der Waals surface area contributed by atoms with Crippen molar-refractivity contribution in [2.45, 2.75) is 71.3 Å². The lowest BCUT2D eigenvalue weighted by molar-refractivity contribution is 0.268. The minimum absolute atomic E-state index is 0.843. The van der Waals surface area contributed by atoms with Crippen LogP contribution >= 0.6 is 0 Å². The van der Waals surface area contributed by atoms with Crippen molar-refractivity contribution in [1.29, 1.82) is 0 Å². The summed E-state index contributed by atoms with van der Waals surface area (Å²) in [5, 5.41) is 3.84. The maximum Gasteiger partial charge on any atom is 0.00673 e. The summed E-state index contributed by atoms with van der Waals surface area (Å²) in [6.45, 7) is 6.08. The summed E-state index contributed by atoms with van der Waals surface area (Å²) in [5.41, 5.74) is 0. The molecule has 2 aliphatic carbocycles. The molecule has 1 heteroatoms. The summed E-state index contributed by atoms with van der Waals surface area (Å²) in [6, 6.07) is 0.843. The first-order valence-corrected chi connectivity index (χ1v) is 7.53. The summed E-state index contributed by atoms with van der Waals surface area (Å²) < 4.78 is 0. The highest BCUT2D eigenvalue weighted by Crippen LogP contribution is 2.31. The Balaban J connectivity index is 1.63. The second-order valence-corrected chi connectivity index (χ2v) is 6.20. The van der Waals surface area contributed by atoms with E-state index in [0.29, 0.717) is 0 Å². The van der Waals surface area contributed by atoms with Gasteiger partial charge in [-0.3, -0.25) is 0 Å². The minimum atomic E-state index is 0.843. The van der Waals surface area contributed by atoms with Crippen molar-refractivity contribution in [3.8, 4) is 0 Å². The Labute approximate surface area is 101 Å². The van der Waals surface area contributed by atoms with Crippen molar-refractivity contribution in [2.24, 2.45) is 17.8 Å². The lowest BCUT2D eigenvalue weighted by Crippen LogP contribution is -2.36. The van der Waals surface area contributed by atoms with E-state index in [2.05, 4.69) is 19.2 Å². The van der Waals surface area contributed by atoms with Crippen molar-refractivity contribution >= 4 is 0 Å². The van der Waals surface area contributed by atoms with Crippen LogP contribution in [0.4, 0.5) is 0 Å². The van der Waals surface area contributed by atoms with Gasteiger partial charge in [0, 0.05) is 6.04 Å². The van der Waals surface area contributed by atoms with Crippen LogP contribution in [0.2, 0.25) is 0 Å². The molecule has 16 heavy (non-hydrogen) atoms. The Morgan fingerprint density at radius 2 is 1.75 bits per heavy atom. The molecule has 0 heterocycles. The normalized spacial score (nSPS) is 40.1. The fraction of sp³-hybridized carbons (Fsp3) is 1.00. The van der Waals surface area contributed by atoms with Gasteiger partial charge in [0.05, 0.1) is 0 Å². The van der Waals surface area contributed by atoms with E-state index in [1.54, 1.807) is 0 Å². The number of hydrogen-bond donors (Lipinski definition) is 1. The SMILES string of the molecule is CCC1CCC(NCC2CCCC2C)CC1. The standard InChI is InChI=1S/C15H29N/c1-3-13-7-9-15(10-8-13)16-11-14-6-4-5-12(14)2/h12-16H,3-11H2,1-2H3. The summed E-state index contributed by atoms with van der Waals surface area (Å²) >= 11 is 0. The predicted octanol–water partition coefficient (Wildman–Crippen LogP) is 3.98. The summed E-state index contributed by atoms with van der Waals surface area (Å²) in [5.74, 6) is 2.98. The molecule has 94 valence electrons. The molecule has 0 bridgehead atoms. The van der Waals surface area contributed by atoms with E-state index in [9.17, 15) is 0 Å². The lowest BCUT2D eigenvalue weighted by atomic mass is 9.84. The molecule has 2 fully saturated rings. The lowest BCUT2D eigenvalue weighted by Gasteiger charge is -2.30. The molecule has 0 radical (unpaired) electrons. The smallest absolute Gasteiger partial charge is 0.00673 e. The van der Waals surface area contributed by atoms with Gasteiger partial charge in [-0.2, -0.15) is 0 Å². The van der Waals surface area contributed by atoms with Crippen molar-refractivity contribution < 1.29 is 0 Å². The molecule has 0 aromatic carbocycles. The fourth-order valence-corrected chi connectivity index (χ4v) is 3.62. The summed E-state index contributed by atoms with van der Waals surface area (Å²) in [6.07, 6.45) is 11.6. The van der Waals surface area contributed by atoms with Gasteiger partial charge in [-0.15, -0.1) is 0 Å². The molecule has 0 spiro atoms. The summed E-state index contributed by atoms with van der Waals surface area (Å²) in [7, 11) is 0. The molecule has 0 aromatic heterocycles. The first-order valence-electron chi connectivity index (χ1n) is 7.53. The Morgan fingerprint density at radius 3 is 2.31 bits per heavy atom. The third kappa shape index (κ3) is 3.23. The minimum Gasteiger partial charge on any atom is -0.314 e. The van der Waals surface area contributed by atoms with Crippen molar-refractivity contribution in [3.63, 3.8) is 0 Å². The second-order valence-electron chi connectivity index (χ2n) is 6.20. The van der Waals surface area contributed by atoms with Gasteiger partial charge in [-0.25, -0.2) is 0 Å². The van der Waals surface area contributed by atoms with E-state index in [1.165, 1.54) is 57.9 Å². The molecule has 2 rings (SSSR count). The Morgan fingerprint density at radius 1 is 1.00 bits per heavy atom. The number of nitrogens with one attached hydrogen (secondary N) is 1. The highest BCUT2D eigenvalue weighted by atomic mass is 14.9. The van der Waals surface area contributed by atoms with Crippen LogP contribution in [0.5, 0.6) is 0 Å². The maximum absolute atomic E-state index is 3.84. The topological polar surface area (TPSA) is 12.0 Å². The van der Waals surface area contributed by atoms with Gasteiger partial charge < -0.3 is 5.32 Å². The average Bonchev–Trinajstić information content (AvgIpc) is 2.73. The van der Waals surface area contributed by atoms with Gasteiger partial charge in [-0.05, 0) is 56.4 Å². The van der Waals surface area contributed by atoms with Crippen LogP contribution in [-0.2, 0) is 0 Å². The number of rotatable bonds is 4. The Bertz CT molecular complexity index is 194. The Kier molecular flexibility index (Phi) is 4.69. The molecular weight excluding hydrogens is 194 g/mol. The van der Waals surface area contributed by atoms with Gasteiger partial charge in [0.2, 0.25) is 0 Å². The Hall–Kier alpha value is -0.0400. The summed E-state index contributed by atoms with van der Waals surface area (Å²) in [4.78, 5) is 0. The van der Waals surface area contributed by atoms with E-state index in [-0.39, 0.29) is 0 Å². The fourth-order valence-electron chi connectivity index (χ4n) is 3.62. The molecular formula is C15H29N. The van der Waals surface area contributed by atoms with Crippen LogP contribution in [0.25, 0.3) is 0 Å². The molecule has 1 N–H and O–H groups in total. The van der Waals surface area contributed by atoms with Gasteiger partial charge in [-0.1, -0.05) is 33.1 Å². The van der Waals surface area contributed by atoms with Gasteiger partial charge in [0.15, 0.2) is 0 Å². The van der Waals surface area contributed by atoms with Crippen LogP contribution in [0.15, 0.2) is 0 Å². The monoisotopic (exact) mass is 223 g/mol. The zero-order chi connectivity index (χ0) is 11.4. The van der Waals surface area contributed by atoms with Crippen LogP contribution < -0.4 is 5.32 Å². The highest BCUT2D eigenvalue weighted by molar-refractivity contribution is 4.81. The number of hydrogen-bond acceptors (Lipinski definition) is 1. The highest BCUT2D eigenvalue weighted by Gasteiger charge is 2.25. The largest absolute Gasteiger partial charge is 0.314 e. The van der Waals surface area contributed by atoms with E-state index >= 15 is 0 Å². The van der Waals surface area contributed by atoms with Crippen molar-refractivity contribution in [3.05, 3.63) is 0 Å². The van der Waals surface area contributed by atoms with Gasteiger partial charge in [0.25, 0.3) is 0 Å². The third-order valence-corrected chi connectivity index (χ3v) is 5.13. The second kappa shape index (κ2) is 6.05. The molecule has 2 saturated carbocycles.